The van der Waals surface area contributed by atoms with Gasteiger partial charge in [0, 0.05) is 4.48 Å². The number of halogens is 1. The topological polar surface area (TPSA) is 0 Å². The summed E-state index contributed by atoms with van der Waals surface area (Å²) in [6.45, 7) is 5.94. The molecule has 0 radical (unpaired) electrons. The molecule has 0 aromatic carbocycles. The van der Waals surface area contributed by atoms with Crippen molar-refractivity contribution in [1.29, 1.82) is 0 Å². The van der Waals surface area contributed by atoms with E-state index in [1.54, 1.807) is 0 Å². The van der Waals surface area contributed by atoms with Gasteiger partial charge in [-0.1, -0.05) is 73.7 Å². The van der Waals surface area contributed by atoms with Gasteiger partial charge in [-0.3, -0.25) is 0 Å². The zero-order valence-electron chi connectivity index (χ0n) is 8.69. The van der Waals surface area contributed by atoms with E-state index >= 15 is 0 Å². The summed E-state index contributed by atoms with van der Waals surface area (Å²) < 4.78 is 1.13. The van der Waals surface area contributed by atoms with Crippen molar-refractivity contribution in [2.75, 3.05) is 0 Å². The van der Waals surface area contributed by atoms with Gasteiger partial charge in [0.2, 0.25) is 0 Å². The van der Waals surface area contributed by atoms with Crippen molar-refractivity contribution < 1.29 is 0 Å². The first-order chi connectivity index (χ1) is 6.31. The fourth-order valence-electron chi connectivity index (χ4n) is 1.25. The molecular formula is C12H21Br. The van der Waals surface area contributed by atoms with Crippen molar-refractivity contribution in [3.63, 3.8) is 0 Å². The highest BCUT2D eigenvalue weighted by molar-refractivity contribution is 9.11. The molecule has 0 aliphatic heterocycles. The van der Waals surface area contributed by atoms with E-state index in [9.17, 15) is 0 Å². The van der Waals surface area contributed by atoms with Crippen molar-refractivity contribution in [2.24, 2.45) is 0 Å². The van der Waals surface area contributed by atoms with Gasteiger partial charge in [-0.2, -0.15) is 0 Å². The standard InChI is InChI=1S/C12H21Br/c1-3-5-6-7-8-9-10-11-12(13)4-2/h4,11H,2-3,5-10H2,1H3/b12-11-. The van der Waals surface area contributed by atoms with Gasteiger partial charge in [0.15, 0.2) is 0 Å². The number of allylic oxidation sites excluding steroid dienone is 3. The van der Waals surface area contributed by atoms with Crippen LogP contribution in [0.5, 0.6) is 0 Å². The van der Waals surface area contributed by atoms with Crippen LogP contribution in [0.4, 0.5) is 0 Å². The summed E-state index contributed by atoms with van der Waals surface area (Å²) in [4.78, 5) is 0. The first kappa shape index (κ1) is 13.0. The second kappa shape index (κ2) is 10.0. The maximum absolute atomic E-state index is 3.68. The second-order valence-corrected chi connectivity index (χ2v) is 4.27. The molecule has 0 nitrogen and oxygen atoms in total. The van der Waals surface area contributed by atoms with Gasteiger partial charge >= 0.3 is 0 Å². The van der Waals surface area contributed by atoms with E-state index in [4.69, 9.17) is 0 Å². The van der Waals surface area contributed by atoms with Gasteiger partial charge in [0.1, 0.15) is 0 Å². The monoisotopic (exact) mass is 244 g/mol. The SMILES string of the molecule is C=C/C(Br)=C/CCCCCCCC. The van der Waals surface area contributed by atoms with Crippen LogP contribution in [-0.4, -0.2) is 0 Å². The van der Waals surface area contributed by atoms with Crippen LogP contribution in [0.25, 0.3) is 0 Å². The molecule has 0 fully saturated rings. The quantitative estimate of drug-likeness (QED) is 0.407. The normalized spacial score (nSPS) is 11.7. The number of hydrogen-bond donors (Lipinski definition) is 0. The summed E-state index contributed by atoms with van der Waals surface area (Å²) in [7, 11) is 0. The number of rotatable bonds is 8. The number of hydrogen-bond acceptors (Lipinski definition) is 0. The highest BCUT2D eigenvalue weighted by atomic mass is 79.9. The Bertz CT molecular complexity index is 147. The third kappa shape index (κ3) is 9.88. The van der Waals surface area contributed by atoms with Crippen molar-refractivity contribution in [1.82, 2.24) is 0 Å². The van der Waals surface area contributed by atoms with Gasteiger partial charge in [0.05, 0.1) is 0 Å². The lowest BCUT2D eigenvalue weighted by molar-refractivity contribution is 0.611. The summed E-state index contributed by atoms with van der Waals surface area (Å²) in [5, 5.41) is 0. The van der Waals surface area contributed by atoms with Crippen LogP contribution < -0.4 is 0 Å². The fraction of sp³-hybridized carbons (Fsp3) is 0.667. The average Bonchev–Trinajstić information content (AvgIpc) is 2.16. The molecule has 1 heteroatoms. The molecule has 0 rings (SSSR count). The van der Waals surface area contributed by atoms with E-state index in [0.29, 0.717) is 0 Å². The van der Waals surface area contributed by atoms with Crippen LogP contribution in [-0.2, 0) is 0 Å². The fourth-order valence-corrected chi connectivity index (χ4v) is 1.48. The molecule has 0 heterocycles. The van der Waals surface area contributed by atoms with Gasteiger partial charge < -0.3 is 0 Å². The van der Waals surface area contributed by atoms with Crippen LogP contribution in [0.1, 0.15) is 51.9 Å². The summed E-state index contributed by atoms with van der Waals surface area (Å²) >= 11 is 3.41. The highest BCUT2D eigenvalue weighted by Gasteiger charge is 1.88. The van der Waals surface area contributed by atoms with E-state index in [2.05, 4.69) is 35.5 Å². The maximum Gasteiger partial charge on any atom is 0.0129 e. The number of unbranched alkanes of at least 4 members (excludes halogenated alkanes) is 6. The lowest BCUT2D eigenvalue weighted by atomic mass is 10.1. The molecule has 13 heavy (non-hydrogen) atoms. The Labute approximate surface area is 91.2 Å². The zero-order valence-corrected chi connectivity index (χ0v) is 10.3. The third-order valence-corrected chi connectivity index (χ3v) is 2.74. The maximum atomic E-state index is 3.68. The summed E-state index contributed by atoms with van der Waals surface area (Å²) in [5.41, 5.74) is 0. The van der Waals surface area contributed by atoms with Crippen LogP contribution in [0.3, 0.4) is 0 Å². The molecule has 0 atom stereocenters. The largest absolute Gasteiger partial charge is 0.0980 e. The molecule has 0 unspecified atom stereocenters. The van der Waals surface area contributed by atoms with E-state index in [0.717, 1.165) is 4.48 Å². The van der Waals surface area contributed by atoms with Crippen LogP contribution in [0, 0.1) is 0 Å². The lowest BCUT2D eigenvalue weighted by Crippen LogP contribution is -1.77. The van der Waals surface area contributed by atoms with E-state index in [1.165, 1.54) is 44.9 Å². The highest BCUT2D eigenvalue weighted by Crippen LogP contribution is 2.11. The first-order valence-electron chi connectivity index (χ1n) is 5.29. The van der Waals surface area contributed by atoms with Crippen LogP contribution >= 0.6 is 15.9 Å². The Morgan fingerprint density at radius 2 is 1.77 bits per heavy atom. The summed E-state index contributed by atoms with van der Waals surface area (Å²) in [6, 6.07) is 0. The zero-order chi connectivity index (χ0) is 9.94. The third-order valence-electron chi connectivity index (χ3n) is 2.09. The Morgan fingerprint density at radius 1 is 1.15 bits per heavy atom. The second-order valence-electron chi connectivity index (χ2n) is 3.35. The smallest absolute Gasteiger partial charge is 0.0129 e. The molecule has 0 aliphatic rings. The molecule has 0 aliphatic carbocycles. The molecular weight excluding hydrogens is 224 g/mol. The minimum atomic E-state index is 1.13. The van der Waals surface area contributed by atoms with E-state index in [-0.39, 0.29) is 0 Å². The average molecular weight is 245 g/mol. The minimum absolute atomic E-state index is 1.13. The van der Waals surface area contributed by atoms with E-state index < -0.39 is 0 Å². The molecule has 0 aromatic heterocycles. The Balaban J connectivity index is 3.12. The van der Waals surface area contributed by atoms with Crippen molar-refractivity contribution in [3.8, 4) is 0 Å². The minimum Gasteiger partial charge on any atom is -0.0980 e. The molecule has 0 aromatic rings. The van der Waals surface area contributed by atoms with Crippen molar-refractivity contribution >= 4 is 15.9 Å². The predicted molar refractivity (Wildman–Crippen MR) is 65.2 cm³/mol. The first-order valence-corrected chi connectivity index (χ1v) is 6.08. The molecule has 0 spiro atoms. The van der Waals surface area contributed by atoms with Gasteiger partial charge in [-0.25, -0.2) is 0 Å². The summed E-state index contributed by atoms with van der Waals surface area (Å²) in [6.07, 6.45) is 13.4. The molecule has 0 N–H and O–H groups in total. The molecule has 0 saturated carbocycles. The van der Waals surface area contributed by atoms with Gasteiger partial charge in [-0.05, 0) is 12.8 Å². The van der Waals surface area contributed by atoms with Crippen LogP contribution in [0.2, 0.25) is 0 Å². The Morgan fingerprint density at radius 3 is 2.38 bits per heavy atom. The predicted octanol–water partition coefficient (Wildman–Crippen LogP) is 5.20. The molecule has 0 amide bonds. The molecule has 0 bridgehead atoms. The van der Waals surface area contributed by atoms with E-state index in [1.807, 2.05) is 6.08 Å². The van der Waals surface area contributed by atoms with Gasteiger partial charge in [0.25, 0.3) is 0 Å². The Hall–Kier alpha value is -0.0400. The molecule has 76 valence electrons. The van der Waals surface area contributed by atoms with Crippen LogP contribution in [0.15, 0.2) is 23.2 Å². The Kier molecular flexibility index (Phi) is 10.0. The van der Waals surface area contributed by atoms with Crippen molar-refractivity contribution in [2.45, 2.75) is 51.9 Å². The summed E-state index contributed by atoms with van der Waals surface area (Å²) in [5.74, 6) is 0. The lowest BCUT2D eigenvalue weighted by Gasteiger charge is -1.97. The molecule has 0 saturated heterocycles. The van der Waals surface area contributed by atoms with Gasteiger partial charge in [-0.15, -0.1) is 0 Å². The van der Waals surface area contributed by atoms with Crippen molar-refractivity contribution in [3.05, 3.63) is 23.2 Å².